The van der Waals surface area contributed by atoms with Gasteiger partial charge < -0.3 is 0 Å². The maximum atomic E-state index is 11.4. The summed E-state index contributed by atoms with van der Waals surface area (Å²) < 4.78 is 8.47. The van der Waals surface area contributed by atoms with Gasteiger partial charge in [0.25, 0.3) is 0 Å². The fraction of sp³-hybridized carbons (Fsp3) is 0.222. The Morgan fingerprint density at radius 2 is 2.33 bits per heavy atom. The van der Waals surface area contributed by atoms with Crippen LogP contribution in [0.4, 0.5) is 5.69 Å². The van der Waals surface area contributed by atoms with Gasteiger partial charge in [-0.05, 0) is 0 Å². The Morgan fingerprint density at radius 3 is 3.07 bits per heavy atom. The van der Waals surface area contributed by atoms with Gasteiger partial charge in [0.05, 0.1) is 0 Å². The van der Waals surface area contributed by atoms with E-state index in [4.69, 9.17) is 11.6 Å². The van der Waals surface area contributed by atoms with Crippen LogP contribution >= 0.6 is 11.6 Å². The minimum atomic E-state index is -0.551. The number of aromatic nitrogens is 2. The molecule has 1 aromatic carbocycles. The number of nitrogens with one attached hydrogen (secondary N) is 1. The van der Waals surface area contributed by atoms with Gasteiger partial charge in [-0.25, -0.2) is 0 Å². The van der Waals surface area contributed by atoms with Crippen LogP contribution in [0.1, 0.15) is 6.92 Å². The molecule has 1 aromatic heterocycles. The summed E-state index contributed by atoms with van der Waals surface area (Å²) in [4.78, 5) is 11.4. The van der Waals surface area contributed by atoms with E-state index in [1.54, 1.807) is 13.0 Å². The Balaban J connectivity index is 2.35. The summed E-state index contributed by atoms with van der Waals surface area (Å²) in [5.74, 6) is -0.223. The van der Waals surface area contributed by atoms with E-state index in [1.165, 1.54) is 0 Å². The monoisotopic (exact) mass is 289 g/mol. The molecule has 0 aliphatic heterocycles. The minimum absolute atomic E-state index is 0.0876. The Kier molecular flexibility index (Phi) is 3.05. The van der Waals surface area contributed by atoms with Crippen molar-refractivity contribution in [3.05, 3.63) is 18.2 Å². The molecule has 2 rings (SSSR count). The van der Waals surface area contributed by atoms with Crippen LogP contribution in [0, 0.1) is 0 Å². The van der Waals surface area contributed by atoms with Crippen molar-refractivity contribution in [2.24, 2.45) is 0 Å². The maximum absolute atomic E-state index is 11.4. The van der Waals surface area contributed by atoms with Gasteiger partial charge in [0.1, 0.15) is 0 Å². The van der Waals surface area contributed by atoms with Gasteiger partial charge in [-0.2, -0.15) is 0 Å². The first-order chi connectivity index (χ1) is 7.18. The van der Waals surface area contributed by atoms with Gasteiger partial charge in [-0.1, -0.05) is 0 Å². The van der Waals surface area contributed by atoms with Gasteiger partial charge in [-0.3, -0.25) is 0 Å². The molecule has 0 saturated heterocycles. The normalized spacial score (nSPS) is 12.7. The predicted molar refractivity (Wildman–Crippen MR) is 60.4 cm³/mol. The van der Waals surface area contributed by atoms with Crippen molar-refractivity contribution in [3.8, 4) is 0 Å². The van der Waals surface area contributed by atoms with E-state index in [0.29, 0.717) is 5.69 Å². The molecule has 0 saturated carbocycles. The second-order valence-corrected chi connectivity index (χ2v) is 4.81. The van der Waals surface area contributed by atoms with Crippen LogP contribution in [0.2, 0.25) is 0 Å². The zero-order valence-electron chi connectivity index (χ0n) is 7.90. The first kappa shape index (κ1) is 10.6. The number of rotatable bonds is 2. The summed E-state index contributed by atoms with van der Waals surface area (Å²) in [5, 5.41) is 2.18. The van der Waals surface area contributed by atoms with Crippen LogP contribution in [0.25, 0.3) is 11.0 Å². The Hall–Kier alpha value is -0.901. The molecule has 0 radical (unpaired) electrons. The Labute approximate surface area is 97.9 Å². The number of benzene rings is 1. The molecule has 6 heteroatoms. The molecular weight excluding hydrogens is 281 g/mol. The fourth-order valence-electron chi connectivity index (χ4n) is 1.14. The van der Waals surface area contributed by atoms with Crippen molar-refractivity contribution in [1.82, 2.24) is 7.96 Å². The third-order valence-electron chi connectivity index (χ3n) is 1.91. The summed E-state index contributed by atoms with van der Waals surface area (Å²) in [6.07, 6.45) is 0. The Morgan fingerprint density at radius 1 is 1.53 bits per heavy atom. The second kappa shape index (κ2) is 4.31. The van der Waals surface area contributed by atoms with E-state index >= 15 is 0 Å². The Bertz CT molecular complexity index is 497. The number of anilines is 1. The molecule has 78 valence electrons. The molecular formula is C9H8ClN3OSe. The van der Waals surface area contributed by atoms with E-state index in [-0.39, 0.29) is 20.9 Å². The third kappa shape index (κ3) is 2.20. The molecule has 0 spiro atoms. The summed E-state index contributed by atoms with van der Waals surface area (Å²) in [7, 11) is 0. The molecule has 1 unspecified atom stereocenters. The summed E-state index contributed by atoms with van der Waals surface area (Å²) in [6, 6.07) is 5.53. The number of nitrogens with zero attached hydrogens (tertiary/aromatic N) is 2. The van der Waals surface area contributed by atoms with Crippen LogP contribution in [0.5, 0.6) is 0 Å². The van der Waals surface area contributed by atoms with Crippen molar-refractivity contribution in [3.63, 3.8) is 0 Å². The molecule has 15 heavy (non-hydrogen) atoms. The molecule has 0 aliphatic carbocycles. The molecule has 0 fully saturated rings. The van der Waals surface area contributed by atoms with E-state index in [2.05, 4.69) is 13.3 Å². The molecule has 0 aliphatic rings. The topological polar surface area (TPSA) is 54.9 Å². The molecule has 1 heterocycles. The van der Waals surface area contributed by atoms with Gasteiger partial charge in [0, 0.05) is 0 Å². The predicted octanol–water partition coefficient (Wildman–Crippen LogP) is 1.25. The fourth-order valence-corrected chi connectivity index (χ4v) is 2.35. The zero-order chi connectivity index (χ0) is 10.8. The van der Waals surface area contributed by atoms with Crippen LogP contribution in [0.15, 0.2) is 18.2 Å². The van der Waals surface area contributed by atoms with Crippen LogP contribution < -0.4 is 5.32 Å². The first-order valence-corrected chi connectivity index (χ1v) is 6.31. The van der Waals surface area contributed by atoms with Gasteiger partial charge in [0.2, 0.25) is 0 Å². The number of amides is 1. The SMILES string of the molecule is CC(Cl)C(=O)Nc1cccc2n[se]nc12. The van der Waals surface area contributed by atoms with Crippen LogP contribution in [0.3, 0.4) is 0 Å². The van der Waals surface area contributed by atoms with Crippen molar-refractivity contribution in [2.75, 3.05) is 5.32 Å². The van der Waals surface area contributed by atoms with E-state index < -0.39 is 5.38 Å². The molecule has 2 aromatic rings. The van der Waals surface area contributed by atoms with Crippen molar-refractivity contribution >= 4 is 49.2 Å². The second-order valence-electron chi connectivity index (χ2n) is 3.04. The number of hydrogen-bond donors (Lipinski definition) is 1. The number of fused-ring (bicyclic) bond motifs is 1. The van der Waals surface area contributed by atoms with Crippen LogP contribution in [-0.2, 0) is 4.79 Å². The van der Waals surface area contributed by atoms with E-state index in [1.807, 2.05) is 12.1 Å². The average molecular weight is 289 g/mol. The molecule has 1 N–H and O–H groups in total. The van der Waals surface area contributed by atoms with Gasteiger partial charge in [-0.15, -0.1) is 0 Å². The van der Waals surface area contributed by atoms with Crippen LogP contribution in [-0.4, -0.2) is 34.2 Å². The van der Waals surface area contributed by atoms with Crippen molar-refractivity contribution in [2.45, 2.75) is 12.3 Å². The quantitative estimate of drug-likeness (QED) is 0.668. The standard InChI is InChI=1S/C9H8ClN3OSe/c1-5(10)9(14)11-6-3-2-4-7-8(6)13-15-12-7/h2-5H,1H3,(H,11,14). The van der Waals surface area contributed by atoms with Crippen molar-refractivity contribution in [1.29, 1.82) is 0 Å². The van der Waals surface area contributed by atoms with Gasteiger partial charge in [0.15, 0.2) is 0 Å². The van der Waals surface area contributed by atoms with Gasteiger partial charge >= 0.3 is 97.8 Å². The molecule has 4 nitrogen and oxygen atoms in total. The first-order valence-electron chi connectivity index (χ1n) is 4.34. The summed E-state index contributed by atoms with van der Waals surface area (Å²) in [6.45, 7) is 1.63. The molecule has 0 bridgehead atoms. The molecule has 1 amide bonds. The number of hydrogen-bond acceptors (Lipinski definition) is 3. The number of carbonyl (C=O) groups excluding carboxylic acids is 1. The summed E-state index contributed by atoms with van der Waals surface area (Å²) in [5.41, 5.74) is 2.30. The summed E-state index contributed by atoms with van der Waals surface area (Å²) >= 11 is 5.58. The number of carbonyl (C=O) groups is 1. The zero-order valence-corrected chi connectivity index (χ0v) is 10.4. The molecule has 1 atom stereocenters. The number of alkyl halides is 1. The average Bonchev–Trinajstić information content (AvgIpc) is 2.66. The number of halogens is 1. The van der Waals surface area contributed by atoms with E-state index in [0.717, 1.165) is 11.0 Å². The van der Waals surface area contributed by atoms with E-state index in [9.17, 15) is 4.79 Å². The van der Waals surface area contributed by atoms with Crippen molar-refractivity contribution < 1.29 is 4.79 Å². The third-order valence-corrected chi connectivity index (χ3v) is 3.24.